The smallest absolute Gasteiger partial charge is 0.222 e. The molecular weight excluding hydrogens is 521 g/mol. The lowest BCUT2D eigenvalue weighted by Crippen LogP contribution is -2.44. The molecule has 1 amide bonds. The predicted molar refractivity (Wildman–Crippen MR) is 136 cm³/mol. The van der Waals surface area contributed by atoms with E-state index in [1.54, 1.807) is 13.2 Å². The van der Waals surface area contributed by atoms with Crippen molar-refractivity contribution in [2.24, 2.45) is 4.99 Å². The van der Waals surface area contributed by atoms with Crippen LogP contribution in [0, 0.1) is 0 Å². The molecule has 0 bridgehead atoms. The molecule has 1 saturated heterocycles. The molecule has 174 valence electrons. The van der Waals surface area contributed by atoms with Gasteiger partial charge in [-0.3, -0.25) is 9.79 Å². The number of rotatable bonds is 8. The molecule has 1 aromatic heterocycles. The minimum Gasteiger partial charge on any atom is -0.490 e. The van der Waals surface area contributed by atoms with Crippen LogP contribution in [0.5, 0.6) is 17.4 Å². The molecule has 8 nitrogen and oxygen atoms in total. The van der Waals surface area contributed by atoms with E-state index in [1.807, 2.05) is 55.1 Å². The van der Waals surface area contributed by atoms with Crippen LogP contribution >= 0.6 is 24.0 Å². The quantitative estimate of drug-likeness (QED) is 0.296. The van der Waals surface area contributed by atoms with E-state index in [4.69, 9.17) is 9.47 Å². The molecule has 0 spiro atoms. The molecule has 1 unspecified atom stereocenters. The van der Waals surface area contributed by atoms with Crippen molar-refractivity contribution in [3.8, 4) is 17.4 Å². The highest BCUT2D eigenvalue weighted by Gasteiger charge is 2.25. The molecule has 0 saturated carbocycles. The van der Waals surface area contributed by atoms with Crippen LogP contribution in [-0.4, -0.2) is 54.5 Å². The number of hydrogen-bond donors (Lipinski definition) is 2. The Hall–Kier alpha value is -2.56. The third-order valence-electron chi connectivity index (χ3n) is 5.03. The van der Waals surface area contributed by atoms with Crippen LogP contribution in [0.4, 0.5) is 0 Å². The van der Waals surface area contributed by atoms with E-state index < -0.39 is 0 Å². The van der Waals surface area contributed by atoms with Gasteiger partial charge in [-0.1, -0.05) is 25.1 Å². The lowest BCUT2D eigenvalue weighted by molar-refractivity contribution is -0.129. The van der Waals surface area contributed by atoms with E-state index in [1.165, 1.54) is 0 Å². The molecule has 9 heteroatoms. The zero-order valence-corrected chi connectivity index (χ0v) is 21.2. The predicted octanol–water partition coefficient (Wildman–Crippen LogP) is 3.57. The number of hydrogen-bond acceptors (Lipinski definition) is 5. The molecule has 1 atom stereocenters. The van der Waals surface area contributed by atoms with E-state index in [0.29, 0.717) is 49.5 Å². The number of benzene rings is 1. The number of ether oxygens (including phenoxy) is 2. The highest BCUT2D eigenvalue weighted by Crippen LogP contribution is 2.30. The van der Waals surface area contributed by atoms with Crippen molar-refractivity contribution >= 4 is 35.8 Å². The Labute approximate surface area is 206 Å². The third-order valence-corrected chi connectivity index (χ3v) is 5.03. The molecular formula is C23H32IN5O3. The number of para-hydroxylation sites is 2. The average Bonchev–Trinajstić information content (AvgIpc) is 3.27. The maximum atomic E-state index is 11.8. The number of likely N-dealkylation sites (tertiary alicyclic amines) is 1. The zero-order chi connectivity index (χ0) is 22.1. The molecule has 0 radical (unpaired) electrons. The second-order valence-corrected chi connectivity index (χ2v) is 7.24. The van der Waals surface area contributed by atoms with Crippen molar-refractivity contribution in [1.29, 1.82) is 0 Å². The van der Waals surface area contributed by atoms with Gasteiger partial charge in [0.1, 0.15) is 0 Å². The molecule has 1 aromatic carbocycles. The summed E-state index contributed by atoms with van der Waals surface area (Å²) in [5, 5.41) is 6.69. The van der Waals surface area contributed by atoms with Crippen LogP contribution in [0.15, 0.2) is 47.6 Å². The Bertz CT molecular complexity index is 891. The lowest BCUT2D eigenvalue weighted by Gasteiger charge is -2.18. The number of guanidine groups is 1. The van der Waals surface area contributed by atoms with Gasteiger partial charge in [0.25, 0.3) is 0 Å². The lowest BCUT2D eigenvalue weighted by atomic mass is 10.2. The fourth-order valence-electron chi connectivity index (χ4n) is 3.40. The van der Waals surface area contributed by atoms with E-state index >= 15 is 0 Å². The van der Waals surface area contributed by atoms with Crippen LogP contribution in [0.3, 0.4) is 0 Å². The molecule has 0 aliphatic carbocycles. The maximum absolute atomic E-state index is 11.8. The second-order valence-electron chi connectivity index (χ2n) is 7.24. The third kappa shape index (κ3) is 7.25. The first-order valence-corrected chi connectivity index (χ1v) is 10.7. The first-order valence-electron chi connectivity index (χ1n) is 10.7. The minimum absolute atomic E-state index is 0. The molecule has 2 aromatic rings. The zero-order valence-electron chi connectivity index (χ0n) is 18.8. The van der Waals surface area contributed by atoms with Gasteiger partial charge >= 0.3 is 0 Å². The number of carbonyl (C=O) groups is 1. The largest absolute Gasteiger partial charge is 0.490 e. The van der Waals surface area contributed by atoms with Gasteiger partial charge in [-0.15, -0.1) is 24.0 Å². The fraction of sp³-hybridized carbons (Fsp3) is 0.435. The number of aliphatic imine (C=N–C) groups is 1. The first kappa shape index (κ1) is 25.7. The Morgan fingerprint density at radius 1 is 1.22 bits per heavy atom. The summed E-state index contributed by atoms with van der Waals surface area (Å²) in [6, 6.07) is 11.5. The maximum Gasteiger partial charge on any atom is 0.222 e. The summed E-state index contributed by atoms with van der Waals surface area (Å²) in [6.07, 6.45) is 3.24. The second kappa shape index (κ2) is 13.1. The molecule has 2 heterocycles. The summed E-state index contributed by atoms with van der Waals surface area (Å²) < 4.78 is 11.5. The van der Waals surface area contributed by atoms with Gasteiger partial charge in [-0.2, -0.15) is 0 Å². The number of nitrogens with zero attached hydrogens (tertiary/aromatic N) is 3. The number of halogens is 1. The summed E-state index contributed by atoms with van der Waals surface area (Å²) in [6.45, 7) is 6.48. The fourth-order valence-corrected chi connectivity index (χ4v) is 3.40. The van der Waals surface area contributed by atoms with Crippen molar-refractivity contribution in [3.63, 3.8) is 0 Å². The normalized spacial score (nSPS) is 15.7. The summed E-state index contributed by atoms with van der Waals surface area (Å²) in [5.74, 6) is 2.74. The van der Waals surface area contributed by atoms with E-state index in [9.17, 15) is 4.79 Å². The Morgan fingerprint density at radius 3 is 2.66 bits per heavy atom. The van der Waals surface area contributed by atoms with Crippen molar-refractivity contribution in [3.05, 3.63) is 48.2 Å². The number of nitrogens with one attached hydrogen (secondary N) is 2. The number of amides is 1. The van der Waals surface area contributed by atoms with Gasteiger partial charge in [0.05, 0.1) is 6.61 Å². The van der Waals surface area contributed by atoms with Gasteiger partial charge in [-0.25, -0.2) is 4.98 Å². The summed E-state index contributed by atoms with van der Waals surface area (Å²) in [7, 11) is 1.74. The van der Waals surface area contributed by atoms with Crippen LogP contribution in [0.2, 0.25) is 0 Å². The molecule has 32 heavy (non-hydrogen) atoms. The molecule has 1 fully saturated rings. The van der Waals surface area contributed by atoms with Gasteiger partial charge in [0, 0.05) is 51.4 Å². The van der Waals surface area contributed by atoms with Crippen LogP contribution in [-0.2, 0) is 11.3 Å². The van der Waals surface area contributed by atoms with E-state index in [0.717, 1.165) is 18.5 Å². The molecule has 1 aliphatic heterocycles. The first-order chi connectivity index (χ1) is 15.1. The Morgan fingerprint density at radius 2 is 2.00 bits per heavy atom. The van der Waals surface area contributed by atoms with Crippen molar-refractivity contribution in [1.82, 2.24) is 20.5 Å². The van der Waals surface area contributed by atoms with Gasteiger partial charge in [-0.05, 0) is 31.0 Å². The number of aromatic nitrogens is 1. The number of pyridine rings is 1. The van der Waals surface area contributed by atoms with Gasteiger partial charge in [0.2, 0.25) is 11.8 Å². The standard InChI is InChI=1S/C23H31N5O3.HI/c1-4-22(29)28-13-12-18(16-28)27-23(24-3)26-15-17-10-11-21(25-14-17)31-20-9-7-6-8-19(20)30-5-2;/h6-11,14,18H,4-5,12-13,15-16H2,1-3H3,(H2,24,26,27);1H. The van der Waals surface area contributed by atoms with E-state index in [-0.39, 0.29) is 35.9 Å². The molecule has 1 aliphatic rings. The monoisotopic (exact) mass is 553 g/mol. The van der Waals surface area contributed by atoms with Gasteiger partial charge in [0.15, 0.2) is 17.5 Å². The summed E-state index contributed by atoms with van der Waals surface area (Å²) >= 11 is 0. The number of carbonyl (C=O) groups excluding carboxylic acids is 1. The van der Waals surface area contributed by atoms with Crippen LogP contribution in [0.25, 0.3) is 0 Å². The highest BCUT2D eigenvalue weighted by molar-refractivity contribution is 14.0. The summed E-state index contributed by atoms with van der Waals surface area (Å²) in [5.41, 5.74) is 1.00. The Kier molecular flexibility index (Phi) is 10.5. The van der Waals surface area contributed by atoms with Crippen LogP contribution in [0.1, 0.15) is 32.3 Å². The topological polar surface area (TPSA) is 88.1 Å². The molecule has 2 N–H and O–H groups in total. The van der Waals surface area contributed by atoms with Crippen molar-refractivity contribution < 1.29 is 14.3 Å². The van der Waals surface area contributed by atoms with E-state index in [2.05, 4.69) is 20.6 Å². The SMILES string of the molecule is CCOc1ccccc1Oc1ccc(CNC(=NC)NC2CCN(C(=O)CC)C2)cn1.I. The Balaban J connectivity index is 0.00000363. The van der Waals surface area contributed by atoms with Crippen molar-refractivity contribution in [2.75, 3.05) is 26.7 Å². The highest BCUT2D eigenvalue weighted by atomic mass is 127. The molecule has 3 rings (SSSR count). The summed E-state index contributed by atoms with van der Waals surface area (Å²) in [4.78, 5) is 22.4. The van der Waals surface area contributed by atoms with Gasteiger partial charge < -0.3 is 25.0 Å². The minimum atomic E-state index is 0. The van der Waals surface area contributed by atoms with Crippen molar-refractivity contribution in [2.45, 2.75) is 39.3 Å². The van der Waals surface area contributed by atoms with Crippen LogP contribution < -0.4 is 20.1 Å². The average molecular weight is 553 g/mol.